The number of nitrogens with one attached hydrogen (secondary N) is 1. The van der Waals surface area contributed by atoms with E-state index in [0.29, 0.717) is 6.54 Å². The first-order valence-electron chi connectivity index (χ1n) is 6.33. The Morgan fingerprint density at radius 2 is 1.71 bits per heavy atom. The van der Waals surface area contributed by atoms with Crippen LogP contribution in [0.5, 0.6) is 0 Å². The van der Waals surface area contributed by atoms with Crippen LogP contribution in [-0.4, -0.2) is 17.6 Å². The van der Waals surface area contributed by atoms with E-state index in [1.165, 1.54) is 0 Å². The molecule has 0 spiro atoms. The van der Waals surface area contributed by atoms with E-state index in [1.54, 1.807) is 0 Å². The van der Waals surface area contributed by atoms with E-state index in [4.69, 9.17) is 10.9 Å². The molecule has 6 heteroatoms. The topological polar surface area (TPSA) is 70.6 Å². The average Bonchev–Trinajstić information content (AvgIpc) is 2.50. The highest BCUT2D eigenvalue weighted by Gasteiger charge is 2.17. The van der Waals surface area contributed by atoms with Gasteiger partial charge in [-0.25, -0.2) is 0 Å². The van der Waals surface area contributed by atoms with Crippen molar-refractivity contribution in [1.82, 2.24) is 0 Å². The number of para-hydroxylation sites is 1. The summed E-state index contributed by atoms with van der Waals surface area (Å²) in [5.74, 6) is -0.0351. The predicted molar refractivity (Wildman–Crippen MR) is 92.9 cm³/mol. The van der Waals surface area contributed by atoms with Crippen molar-refractivity contribution < 1.29 is 5.21 Å². The number of oxime groups is 1. The van der Waals surface area contributed by atoms with Gasteiger partial charge in [0, 0.05) is 15.5 Å². The summed E-state index contributed by atoms with van der Waals surface area (Å²) in [6.07, 6.45) is 0. The number of hydrogen-bond donors (Lipinski definition) is 3. The zero-order chi connectivity index (χ0) is 15.2. The number of rotatable bonds is 5. The molecule has 110 valence electrons. The highest BCUT2D eigenvalue weighted by atomic mass is 79.9. The van der Waals surface area contributed by atoms with E-state index in [1.807, 2.05) is 48.5 Å². The van der Waals surface area contributed by atoms with Gasteiger partial charge in [-0.2, -0.15) is 0 Å². The fourth-order valence-corrected chi connectivity index (χ4v) is 3.30. The number of nitrogens with two attached hydrogens (primary N) is 1. The van der Waals surface area contributed by atoms with Crippen molar-refractivity contribution in [3.05, 3.63) is 63.0 Å². The molecular formula is C15H15Br2N3O. The molecule has 0 amide bonds. The molecule has 0 aliphatic heterocycles. The second-order valence-corrected chi connectivity index (χ2v) is 6.17. The van der Waals surface area contributed by atoms with Gasteiger partial charge in [0.1, 0.15) is 5.84 Å². The Labute approximate surface area is 140 Å². The van der Waals surface area contributed by atoms with E-state index in [2.05, 4.69) is 42.3 Å². The van der Waals surface area contributed by atoms with Gasteiger partial charge < -0.3 is 16.3 Å². The molecule has 0 aliphatic carbocycles. The van der Waals surface area contributed by atoms with Crippen molar-refractivity contribution >= 4 is 43.4 Å². The van der Waals surface area contributed by atoms with Gasteiger partial charge in [-0.1, -0.05) is 41.6 Å². The molecule has 21 heavy (non-hydrogen) atoms. The van der Waals surface area contributed by atoms with Crippen LogP contribution in [0.15, 0.2) is 62.6 Å². The molecule has 0 heterocycles. The van der Waals surface area contributed by atoms with Crippen LogP contribution in [0.25, 0.3) is 0 Å². The molecule has 2 aromatic rings. The lowest BCUT2D eigenvalue weighted by molar-refractivity contribution is 0.316. The highest BCUT2D eigenvalue weighted by molar-refractivity contribution is 9.11. The SMILES string of the molecule is N/C(=N/O)C(CNc1c(Br)cccc1Br)c1ccccc1. The van der Waals surface area contributed by atoms with E-state index >= 15 is 0 Å². The summed E-state index contributed by atoms with van der Waals surface area (Å²) >= 11 is 7.01. The maximum atomic E-state index is 8.99. The molecule has 1 atom stereocenters. The molecule has 1 unspecified atom stereocenters. The number of benzene rings is 2. The molecular weight excluding hydrogens is 398 g/mol. The Morgan fingerprint density at radius 3 is 2.29 bits per heavy atom. The smallest absolute Gasteiger partial charge is 0.148 e. The quantitative estimate of drug-likeness (QED) is 0.299. The Hall–Kier alpha value is -1.53. The lowest BCUT2D eigenvalue weighted by Crippen LogP contribution is -2.28. The second kappa shape index (κ2) is 7.47. The Kier molecular flexibility index (Phi) is 5.64. The van der Waals surface area contributed by atoms with Crippen molar-refractivity contribution in [1.29, 1.82) is 0 Å². The Balaban J connectivity index is 2.21. The van der Waals surface area contributed by atoms with Crippen LogP contribution < -0.4 is 11.1 Å². The van der Waals surface area contributed by atoms with Crippen LogP contribution in [-0.2, 0) is 0 Å². The monoisotopic (exact) mass is 411 g/mol. The second-order valence-electron chi connectivity index (χ2n) is 4.47. The summed E-state index contributed by atoms with van der Waals surface area (Å²) in [6, 6.07) is 15.6. The summed E-state index contributed by atoms with van der Waals surface area (Å²) in [4.78, 5) is 0. The molecule has 4 nitrogen and oxygen atoms in total. The van der Waals surface area contributed by atoms with E-state index in [0.717, 1.165) is 20.2 Å². The van der Waals surface area contributed by atoms with Crippen LogP contribution in [0.4, 0.5) is 5.69 Å². The Morgan fingerprint density at radius 1 is 1.10 bits per heavy atom. The lowest BCUT2D eigenvalue weighted by Gasteiger charge is -2.18. The molecule has 0 bridgehead atoms. The number of anilines is 1. The van der Waals surface area contributed by atoms with Gasteiger partial charge >= 0.3 is 0 Å². The van der Waals surface area contributed by atoms with Gasteiger partial charge in [0.2, 0.25) is 0 Å². The normalized spacial score (nSPS) is 13.0. The van der Waals surface area contributed by atoms with Crippen molar-refractivity contribution in [2.45, 2.75) is 5.92 Å². The number of nitrogens with zero attached hydrogens (tertiary/aromatic N) is 1. The van der Waals surface area contributed by atoms with E-state index in [-0.39, 0.29) is 11.8 Å². The maximum Gasteiger partial charge on any atom is 0.148 e. The zero-order valence-electron chi connectivity index (χ0n) is 11.1. The Bertz CT molecular complexity index is 612. The molecule has 0 aromatic heterocycles. The molecule has 0 fully saturated rings. The third-order valence-corrected chi connectivity index (χ3v) is 4.44. The number of hydrogen-bond acceptors (Lipinski definition) is 3. The van der Waals surface area contributed by atoms with Crippen molar-refractivity contribution in [2.75, 3.05) is 11.9 Å². The minimum Gasteiger partial charge on any atom is -0.409 e. The maximum absolute atomic E-state index is 8.99. The minimum atomic E-state index is -0.213. The van der Waals surface area contributed by atoms with Crippen molar-refractivity contribution in [2.24, 2.45) is 10.9 Å². The third kappa shape index (κ3) is 3.98. The zero-order valence-corrected chi connectivity index (χ0v) is 14.3. The highest BCUT2D eigenvalue weighted by Crippen LogP contribution is 2.31. The van der Waals surface area contributed by atoms with Gasteiger partial charge in [-0.15, -0.1) is 0 Å². The molecule has 2 aromatic carbocycles. The minimum absolute atomic E-state index is 0.178. The summed E-state index contributed by atoms with van der Waals surface area (Å²) in [6.45, 7) is 0.515. The lowest BCUT2D eigenvalue weighted by atomic mass is 9.98. The van der Waals surface area contributed by atoms with E-state index in [9.17, 15) is 0 Å². The van der Waals surface area contributed by atoms with Crippen LogP contribution in [0.3, 0.4) is 0 Å². The summed E-state index contributed by atoms with van der Waals surface area (Å²) in [7, 11) is 0. The van der Waals surface area contributed by atoms with Crippen molar-refractivity contribution in [3.8, 4) is 0 Å². The van der Waals surface area contributed by atoms with Gasteiger partial charge in [-0.05, 0) is 49.6 Å². The van der Waals surface area contributed by atoms with Crippen LogP contribution in [0, 0.1) is 0 Å². The molecule has 0 aliphatic rings. The van der Waals surface area contributed by atoms with Crippen LogP contribution in [0.1, 0.15) is 11.5 Å². The van der Waals surface area contributed by atoms with Crippen LogP contribution in [0.2, 0.25) is 0 Å². The molecule has 2 rings (SSSR count). The van der Waals surface area contributed by atoms with Crippen LogP contribution >= 0.6 is 31.9 Å². The van der Waals surface area contributed by atoms with Gasteiger partial charge in [0.15, 0.2) is 0 Å². The van der Waals surface area contributed by atoms with Crippen molar-refractivity contribution in [3.63, 3.8) is 0 Å². The summed E-state index contributed by atoms with van der Waals surface area (Å²) in [5, 5.41) is 15.5. The molecule has 0 radical (unpaired) electrons. The third-order valence-electron chi connectivity index (χ3n) is 3.12. The number of amidine groups is 1. The first-order chi connectivity index (χ1) is 10.1. The molecule has 0 saturated heterocycles. The fourth-order valence-electron chi connectivity index (χ4n) is 2.02. The largest absolute Gasteiger partial charge is 0.409 e. The molecule has 4 N–H and O–H groups in total. The first kappa shape index (κ1) is 15.9. The van der Waals surface area contributed by atoms with Gasteiger partial charge in [0.05, 0.1) is 11.6 Å². The summed E-state index contributed by atoms with van der Waals surface area (Å²) in [5.41, 5.74) is 7.75. The van der Waals surface area contributed by atoms with Gasteiger partial charge in [-0.3, -0.25) is 0 Å². The summed E-state index contributed by atoms with van der Waals surface area (Å²) < 4.78 is 1.89. The fraction of sp³-hybridized carbons (Fsp3) is 0.133. The number of halogens is 2. The average molecular weight is 413 g/mol. The van der Waals surface area contributed by atoms with Gasteiger partial charge in [0.25, 0.3) is 0 Å². The predicted octanol–water partition coefficient (Wildman–Crippen LogP) is 4.15. The standard InChI is InChI=1S/C15H15Br2N3O/c16-12-7-4-8-13(17)14(12)19-9-11(15(18)20-21)10-5-2-1-3-6-10/h1-8,11,19,21H,9H2,(H2,18,20). The van der Waals surface area contributed by atoms with E-state index < -0.39 is 0 Å². The first-order valence-corrected chi connectivity index (χ1v) is 7.92. The molecule has 0 saturated carbocycles.